The van der Waals surface area contributed by atoms with E-state index < -0.39 is 0 Å². The summed E-state index contributed by atoms with van der Waals surface area (Å²) in [7, 11) is 0. The number of hydrogen-bond acceptors (Lipinski definition) is 1. The molecule has 0 saturated carbocycles. The summed E-state index contributed by atoms with van der Waals surface area (Å²) >= 11 is 0. The number of benzene rings is 2. The van der Waals surface area contributed by atoms with Crippen molar-refractivity contribution in [1.29, 1.82) is 0 Å². The monoisotopic (exact) mass is 262 g/mol. The molecule has 100 valence electrons. The predicted octanol–water partition coefficient (Wildman–Crippen LogP) is 3.32. The van der Waals surface area contributed by atoms with Gasteiger partial charge in [-0.25, -0.2) is 0 Å². The lowest BCUT2D eigenvalue weighted by Gasteiger charge is -2.10. The van der Waals surface area contributed by atoms with E-state index in [1.165, 1.54) is 27.8 Å². The molecule has 20 heavy (non-hydrogen) atoms. The van der Waals surface area contributed by atoms with Gasteiger partial charge in [0.05, 0.1) is 5.52 Å². The molecule has 1 N–H and O–H groups in total. The van der Waals surface area contributed by atoms with Crippen LogP contribution >= 0.6 is 0 Å². The van der Waals surface area contributed by atoms with Crippen LogP contribution in [0.5, 0.6) is 0 Å². The van der Waals surface area contributed by atoms with Gasteiger partial charge in [0.1, 0.15) is 0 Å². The zero-order valence-electron chi connectivity index (χ0n) is 11.5. The summed E-state index contributed by atoms with van der Waals surface area (Å²) in [5.74, 6) is 0. The normalized spacial score (nSPS) is 15.0. The highest BCUT2D eigenvalue weighted by Gasteiger charge is 2.18. The Morgan fingerprint density at radius 3 is 2.45 bits per heavy atom. The fourth-order valence-electron chi connectivity index (χ4n) is 3.32. The number of rotatable bonds is 1. The molecule has 0 saturated heterocycles. The second-order valence-electron chi connectivity index (χ2n) is 5.36. The molecule has 0 radical (unpaired) electrons. The van der Waals surface area contributed by atoms with Gasteiger partial charge < -0.3 is 9.88 Å². The van der Waals surface area contributed by atoms with Gasteiger partial charge in [-0.2, -0.15) is 0 Å². The summed E-state index contributed by atoms with van der Waals surface area (Å²) in [5, 5.41) is 4.92. The Kier molecular flexibility index (Phi) is 2.82. The molecule has 2 heteroatoms. The van der Waals surface area contributed by atoms with E-state index in [1.807, 2.05) is 0 Å². The molecular weight excluding hydrogens is 244 g/mol. The van der Waals surface area contributed by atoms with Crippen LogP contribution in [-0.4, -0.2) is 17.7 Å². The number of para-hydroxylation sites is 2. The molecule has 3 aromatic rings. The summed E-state index contributed by atoms with van der Waals surface area (Å²) < 4.78 is 2.44. The maximum atomic E-state index is 3.51. The van der Waals surface area contributed by atoms with Gasteiger partial charge in [0.25, 0.3) is 0 Å². The molecular formula is C18H18N2. The van der Waals surface area contributed by atoms with Crippen LogP contribution in [0.25, 0.3) is 16.6 Å². The van der Waals surface area contributed by atoms with Gasteiger partial charge in [-0.05, 0) is 36.7 Å². The van der Waals surface area contributed by atoms with Crippen molar-refractivity contribution in [2.45, 2.75) is 12.8 Å². The highest BCUT2D eigenvalue weighted by molar-refractivity contribution is 5.87. The fraction of sp³-hybridized carbons (Fsp3) is 0.222. The van der Waals surface area contributed by atoms with Crippen molar-refractivity contribution in [3.63, 3.8) is 0 Å². The van der Waals surface area contributed by atoms with Gasteiger partial charge in [0.15, 0.2) is 0 Å². The Bertz CT molecular complexity index is 741. The highest BCUT2D eigenvalue weighted by atomic mass is 15.0. The first-order valence-electron chi connectivity index (χ1n) is 7.32. The lowest BCUT2D eigenvalue weighted by molar-refractivity contribution is 0.704. The van der Waals surface area contributed by atoms with Crippen LogP contribution in [0, 0.1) is 0 Å². The summed E-state index contributed by atoms with van der Waals surface area (Å²) in [6, 6.07) is 19.5. The van der Waals surface area contributed by atoms with Gasteiger partial charge >= 0.3 is 0 Å². The average Bonchev–Trinajstić information content (AvgIpc) is 2.65. The van der Waals surface area contributed by atoms with Gasteiger partial charge in [0.2, 0.25) is 0 Å². The number of nitrogens with zero attached hydrogens (tertiary/aromatic N) is 1. The predicted molar refractivity (Wildman–Crippen MR) is 83.6 cm³/mol. The molecule has 1 aliphatic heterocycles. The van der Waals surface area contributed by atoms with E-state index in [1.54, 1.807) is 0 Å². The zero-order valence-corrected chi connectivity index (χ0v) is 11.5. The van der Waals surface area contributed by atoms with Crippen molar-refractivity contribution in [2.24, 2.45) is 0 Å². The number of fused-ring (bicyclic) bond motifs is 3. The molecule has 0 unspecified atom stereocenters. The lowest BCUT2D eigenvalue weighted by atomic mass is 10.1. The van der Waals surface area contributed by atoms with Crippen LogP contribution < -0.4 is 5.32 Å². The minimum atomic E-state index is 1.07. The zero-order chi connectivity index (χ0) is 13.4. The molecule has 0 bridgehead atoms. The van der Waals surface area contributed by atoms with E-state index in [9.17, 15) is 0 Å². The Morgan fingerprint density at radius 1 is 0.800 bits per heavy atom. The highest BCUT2D eigenvalue weighted by Crippen LogP contribution is 2.30. The van der Waals surface area contributed by atoms with Crippen LogP contribution in [0.3, 0.4) is 0 Å². The van der Waals surface area contributed by atoms with E-state index >= 15 is 0 Å². The Hall–Kier alpha value is -2.06. The number of hydrogen-bond donors (Lipinski definition) is 1. The standard InChI is InChI=1S/C18H18N2/c1-2-6-14(7-3-1)20-17-9-5-4-8-15(17)16-10-12-19-13-11-18(16)20/h1-9,19H,10-13H2. The molecule has 0 aliphatic carbocycles. The second kappa shape index (κ2) is 4.80. The van der Waals surface area contributed by atoms with Crippen LogP contribution in [0.2, 0.25) is 0 Å². The first-order valence-corrected chi connectivity index (χ1v) is 7.32. The molecule has 2 aromatic carbocycles. The van der Waals surface area contributed by atoms with Gasteiger partial charge in [-0.15, -0.1) is 0 Å². The third-order valence-electron chi connectivity index (χ3n) is 4.19. The van der Waals surface area contributed by atoms with Crippen molar-refractivity contribution in [2.75, 3.05) is 13.1 Å². The topological polar surface area (TPSA) is 17.0 Å². The maximum Gasteiger partial charge on any atom is 0.0534 e. The van der Waals surface area contributed by atoms with Gasteiger partial charge in [-0.1, -0.05) is 36.4 Å². The molecule has 1 aliphatic rings. The first kappa shape index (κ1) is 11.7. The fourth-order valence-corrected chi connectivity index (χ4v) is 3.32. The van der Waals surface area contributed by atoms with Crippen LogP contribution in [0.4, 0.5) is 0 Å². The third kappa shape index (κ3) is 1.76. The Balaban J connectivity index is 2.06. The molecule has 2 heterocycles. The van der Waals surface area contributed by atoms with Crippen molar-refractivity contribution in [3.8, 4) is 5.69 Å². The maximum absolute atomic E-state index is 3.51. The van der Waals surface area contributed by atoms with E-state index in [0.29, 0.717) is 0 Å². The van der Waals surface area contributed by atoms with Gasteiger partial charge in [0, 0.05) is 29.7 Å². The molecule has 4 rings (SSSR count). The Morgan fingerprint density at radius 2 is 1.55 bits per heavy atom. The van der Waals surface area contributed by atoms with E-state index in [2.05, 4.69) is 64.5 Å². The number of nitrogens with one attached hydrogen (secondary N) is 1. The third-order valence-corrected chi connectivity index (χ3v) is 4.19. The smallest absolute Gasteiger partial charge is 0.0534 e. The first-order chi connectivity index (χ1) is 9.95. The second-order valence-corrected chi connectivity index (χ2v) is 5.36. The van der Waals surface area contributed by atoms with E-state index in [-0.39, 0.29) is 0 Å². The van der Waals surface area contributed by atoms with Crippen molar-refractivity contribution < 1.29 is 0 Å². The minimum absolute atomic E-state index is 1.07. The number of aromatic nitrogens is 1. The quantitative estimate of drug-likeness (QED) is 0.712. The van der Waals surface area contributed by atoms with Crippen molar-refractivity contribution >= 4 is 10.9 Å². The van der Waals surface area contributed by atoms with Crippen molar-refractivity contribution in [1.82, 2.24) is 9.88 Å². The van der Waals surface area contributed by atoms with E-state index in [0.717, 1.165) is 25.9 Å². The molecule has 2 nitrogen and oxygen atoms in total. The molecule has 0 spiro atoms. The minimum Gasteiger partial charge on any atom is -0.316 e. The van der Waals surface area contributed by atoms with Gasteiger partial charge in [-0.3, -0.25) is 0 Å². The largest absolute Gasteiger partial charge is 0.316 e. The van der Waals surface area contributed by atoms with Crippen molar-refractivity contribution in [3.05, 3.63) is 65.9 Å². The molecule has 0 atom stereocenters. The summed E-state index contributed by atoms with van der Waals surface area (Å²) in [6.07, 6.45) is 2.22. The summed E-state index contributed by atoms with van der Waals surface area (Å²) in [5.41, 5.74) is 5.61. The van der Waals surface area contributed by atoms with Crippen LogP contribution in [0.1, 0.15) is 11.3 Å². The van der Waals surface area contributed by atoms with E-state index in [4.69, 9.17) is 0 Å². The summed E-state index contributed by atoms with van der Waals surface area (Å²) in [6.45, 7) is 2.14. The summed E-state index contributed by atoms with van der Waals surface area (Å²) in [4.78, 5) is 0. The molecule has 0 amide bonds. The lowest BCUT2D eigenvalue weighted by Crippen LogP contribution is -2.17. The average molecular weight is 262 g/mol. The molecule has 1 aromatic heterocycles. The van der Waals surface area contributed by atoms with Crippen LogP contribution in [-0.2, 0) is 12.8 Å². The SMILES string of the molecule is c1ccc(-n2c3c(c4ccccc42)CCNCC3)cc1. The molecule has 0 fully saturated rings. The Labute approximate surface area is 119 Å². The van der Waals surface area contributed by atoms with Crippen LogP contribution in [0.15, 0.2) is 54.6 Å².